The monoisotopic (exact) mass is 330 g/mol. The van der Waals surface area contributed by atoms with Gasteiger partial charge in [0.05, 0.1) is 6.33 Å². The lowest BCUT2D eigenvalue weighted by Crippen LogP contribution is -2.49. The quantitative estimate of drug-likeness (QED) is 0.841. The van der Waals surface area contributed by atoms with E-state index in [9.17, 15) is 9.59 Å². The van der Waals surface area contributed by atoms with E-state index in [1.54, 1.807) is 4.90 Å². The fourth-order valence-electron chi connectivity index (χ4n) is 2.74. The number of hydrogen-bond donors (Lipinski definition) is 2. The van der Waals surface area contributed by atoms with Crippen LogP contribution in [0.3, 0.4) is 0 Å². The summed E-state index contributed by atoms with van der Waals surface area (Å²) in [6, 6.07) is 0. The number of carbonyl (C=O) groups excluding carboxylic acids is 1. The number of nitrogens with zero attached hydrogens (tertiary/aromatic N) is 5. The minimum absolute atomic E-state index is 0.0509. The van der Waals surface area contributed by atoms with Crippen molar-refractivity contribution in [1.29, 1.82) is 0 Å². The number of piperazine rings is 1. The van der Waals surface area contributed by atoms with Gasteiger partial charge in [0, 0.05) is 37.4 Å². The number of H-pyrrole nitrogens is 1. The van der Waals surface area contributed by atoms with Crippen LogP contribution in [0.25, 0.3) is 0 Å². The van der Waals surface area contributed by atoms with E-state index < -0.39 is 5.97 Å². The lowest BCUT2D eigenvalue weighted by molar-refractivity contribution is 0.0666. The maximum atomic E-state index is 12.5. The van der Waals surface area contributed by atoms with Crippen LogP contribution in [0.15, 0.2) is 12.7 Å². The molecule has 1 fully saturated rings. The number of aryl methyl sites for hydroxylation is 1. The van der Waals surface area contributed by atoms with Gasteiger partial charge in [-0.1, -0.05) is 0 Å². The number of carbonyl (C=O) groups is 2. The fourth-order valence-corrected chi connectivity index (χ4v) is 2.74. The Kier molecular flexibility index (Phi) is 4.15. The van der Waals surface area contributed by atoms with E-state index in [-0.39, 0.29) is 17.3 Å². The Morgan fingerprint density at radius 2 is 1.83 bits per heavy atom. The van der Waals surface area contributed by atoms with E-state index in [2.05, 4.69) is 24.8 Å². The first-order chi connectivity index (χ1) is 11.5. The Hall–Kier alpha value is -2.97. The number of imidazole rings is 1. The van der Waals surface area contributed by atoms with Crippen molar-refractivity contribution in [3.05, 3.63) is 35.3 Å². The van der Waals surface area contributed by atoms with Crippen molar-refractivity contribution in [2.75, 3.05) is 31.1 Å². The van der Waals surface area contributed by atoms with Gasteiger partial charge in [-0.05, 0) is 13.8 Å². The normalized spacial score (nSPS) is 14.8. The minimum Gasteiger partial charge on any atom is -0.477 e. The van der Waals surface area contributed by atoms with Gasteiger partial charge in [0.1, 0.15) is 12.1 Å². The van der Waals surface area contributed by atoms with Crippen molar-refractivity contribution in [3.8, 4) is 0 Å². The van der Waals surface area contributed by atoms with E-state index >= 15 is 0 Å². The molecule has 1 aliphatic rings. The summed E-state index contributed by atoms with van der Waals surface area (Å²) < 4.78 is 0. The van der Waals surface area contributed by atoms with Crippen molar-refractivity contribution in [2.24, 2.45) is 0 Å². The molecular weight excluding hydrogens is 312 g/mol. The molecule has 1 saturated heterocycles. The van der Waals surface area contributed by atoms with Crippen LogP contribution >= 0.6 is 0 Å². The Labute approximate surface area is 138 Å². The maximum absolute atomic E-state index is 12.5. The Balaban J connectivity index is 1.71. The largest absolute Gasteiger partial charge is 0.477 e. The summed E-state index contributed by atoms with van der Waals surface area (Å²) in [6.07, 6.45) is 2.76. The predicted molar refractivity (Wildman–Crippen MR) is 85.2 cm³/mol. The number of aromatic amines is 1. The highest BCUT2D eigenvalue weighted by Crippen LogP contribution is 2.20. The molecule has 0 spiro atoms. The smallest absolute Gasteiger partial charge is 0.354 e. The van der Waals surface area contributed by atoms with E-state index in [1.165, 1.54) is 12.7 Å². The van der Waals surface area contributed by atoms with Crippen LogP contribution in [0.1, 0.15) is 32.2 Å². The zero-order valence-corrected chi connectivity index (χ0v) is 13.5. The summed E-state index contributed by atoms with van der Waals surface area (Å²) in [7, 11) is 0. The molecule has 1 aliphatic heterocycles. The predicted octanol–water partition coefficient (Wildman–Crippen LogP) is 0.477. The van der Waals surface area contributed by atoms with Gasteiger partial charge in [-0.2, -0.15) is 0 Å². The van der Waals surface area contributed by atoms with E-state index in [0.29, 0.717) is 26.2 Å². The Bertz CT molecular complexity index is 779. The standard InChI is InChI=1S/C15H18N6O3/c1-9-10(2)16-7-19-13(9)20-3-5-21(6-4-20)14(22)11-12(15(23)24)18-8-17-11/h7-8H,3-6H2,1-2H3,(H,17,18)(H,23,24). The molecule has 0 unspecified atom stereocenters. The molecule has 9 heteroatoms. The molecule has 0 atom stereocenters. The van der Waals surface area contributed by atoms with Gasteiger partial charge in [0.25, 0.3) is 5.91 Å². The third-order valence-electron chi connectivity index (χ3n) is 4.23. The first kappa shape index (κ1) is 15.9. The summed E-state index contributed by atoms with van der Waals surface area (Å²) in [5, 5.41) is 9.08. The molecule has 9 nitrogen and oxygen atoms in total. The third-order valence-corrected chi connectivity index (χ3v) is 4.23. The average molecular weight is 330 g/mol. The molecule has 2 N–H and O–H groups in total. The summed E-state index contributed by atoms with van der Waals surface area (Å²) in [5.41, 5.74) is 1.73. The summed E-state index contributed by atoms with van der Waals surface area (Å²) >= 11 is 0. The highest BCUT2D eigenvalue weighted by atomic mass is 16.4. The number of hydrogen-bond acceptors (Lipinski definition) is 6. The molecule has 0 radical (unpaired) electrons. The van der Waals surface area contributed by atoms with E-state index in [1.807, 2.05) is 13.8 Å². The van der Waals surface area contributed by atoms with Gasteiger partial charge >= 0.3 is 5.97 Å². The van der Waals surface area contributed by atoms with Crippen LogP contribution in [-0.2, 0) is 0 Å². The molecule has 0 aromatic carbocycles. The first-order valence-corrected chi connectivity index (χ1v) is 7.58. The Morgan fingerprint density at radius 3 is 2.50 bits per heavy atom. The van der Waals surface area contributed by atoms with Crippen molar-refractivity contribution in [3.63, 3.8) is 0 Å². The molecule has 0 saturated carbocycles. The van der Waals surface area contributed by atoms with Gasteiger partial charge in [-0.15, -0.1) is 0 Å². The lowest BCUT2D eigenvalue weighted by Gasteiger charge is -2.35. The lowest BCUT2D eigenvalue weighted by atomic mass is 10.2. The maximum Gasteiger partial charge on any atom is 0.354 e. The first-order valence-electron chi connectivity index (χ1n) is 7.58. The molecule has 2 aromatic heterocycles. The number of aromatic carboxylic acids is 1. The highest BCUT2D eigenvalue weighted by Gasteiger charge is 2.28. The van der Waals surface area contributed by atoms with E-state index in [0.717, 1.165) is 17.1 Å². The number of amides is 1. The van der Waals surface area contributed by atoms with Crippen LogP contribution < -0.4 is 4.90 Å². The number of anilines is 1. The zero-order chi connectivity index (χ0) is 17.3. The number of carboxylic acids is 1. The molecule has 24 heavy (non-hydrogen) atoms. The molecule has 126 valence electrons. The molecule has 1 amide bonds. The topological polar surface area (TPSA) is 115 Å². The number of nitrogens with one attached hydrogen (secondary N) is 1. The van der Waals surface area contributed by atoms with Crippen LogP contribution in [0.4, 0.5) is 5.82 Å². The molecule has 0 aliphatic carbocycles. The van der Waals surface area contributed by atoms with Gasteiger partial charge in [-0.3, -0.25) is 4.79 Å². The van der Waals surface area contributed by atoms with Crippen LogP contribution in [0.5, 0.6) is 0 Å². The van der Waals surface area contributed by atoms with Crippen LogP contribution in [-0.4, -0.2) is 68.0 Å². The second kappa shape index (κ2) is 6.26. The van der Waals surface area contributed by atoms with Crippen molar-refractivity contribution >= 4 is 17.7 Å². The van der Waals surface area contributed by atoms with Crippen molar-refractivity contribution in [1.82, 2.24) is 24.8 Å². The number of aromatic nitrogens is 4. The number of rotatable bonds is 3. The van der Waals surface area contributed by atoms with Gasteiger partial charge in [-0.25, -0.2) is 19.7 Å². The van der Waals surface area contributed by atoms with Crippen molar-refractivity contribution < 1.29 is 14.7 Å². The summed E-state index contributed by atoms with van der Waals surface area (Å²) in [5.74, 6) is -0.689. The average Bonchev–Trinajstić information content (AvgIpc) is 3.07. The molecule has 0 bridgehead atoms. The molecule has 3 heterocycles. The highest BCUT2D eigenvalue weighted by molar-refractivity contribution is 6.02. The van der Waals surface area contributed by atoms with Gasteiger partial charge in [0.2, 0.25) is 0 Å². The molecule has 3 rings (SSSR count). The SMILES string of the molecule is Cc1ncnc(N2CCN(C(=O)c3nc[nH]c3C(=O)O)CC2)c1C. The molecular formula is C15H18N6O3. The zero-order valence-electron chi connectivity index (χ0n) is 13.5. The van der Waals surface area contributed by atoms with E-state index in [4.69, 9.17) is 5.11 Å². The summed E-state index contributed by atoms with van der Waals surface area (Å²) in [4.78, 5) is 42.2. The second-order valence-electron chi connectivity index (χ2n) is 5.62. The van der Waals surface area contributed by atoms with Crippen LogP contribution in [0, 0.1) is 13.8 Å². The van der Waals surface area contributed by atoms with Gasteiger partial charge < -0.3 is 19.9 Å². The number of carboxylic acid groups (broad SMARTS) is 1. The third kappa shape index (κ3) is 2.80. The fraction of sp³-hybridized carbons (Fsp3) is 0.400. The summed E-state index contributed by atoms with van der Waals surface area (Å²) in [6.45, 7) is 6.11. The van der Waals surface area contributed by atoms with Gasteiger partial charge in [0.15, 0.2) is 11.4 Å². The van der Waals surface area contributed by atoms with Crippen molar-refractivity contribution in [2.45, 2.75) is 13.8 Å². The second-order valence-corrected chi connectivity index (χ2v) is 5.62. The Morgan fingerprint density at radius 1 is 1.12 bits per heavy atom. The minimum atomic E-state index is -1.19. The molecule has 2 aromatic rings. The van der Waals surface area contributed by atoms with Crippen LogP contribution in [0.2, 0.25) is 0 Å².